The predicted molar refractivity (Wildman–Crippen MR) is 76.5 cm³/mol. The fourth-order valence-corrected chi connectivity index (χ4v) is 2.22. The molecule has 1 rings (SSSR count). The molecule has 17 heavy (non-hydrogen) atoms. The summed E-state index contributed by atoms with van der Waals surface area (Å²) in [6.45, 7) is 3.44. The molecule has 1 atom stereocenters. The maximum absolute atomic E-state index is 10.3. The molecule has 0 saturated heterocycles. The third-order valence-electron chi connectivity index (χ3n) is 2.82. The molecule has 0 bridgehead atoms. The second-order valence-electron chi connectivity index (χ2n) is 4.52. The van der Waals surface area contributed by atoms with Gasteiger partial charge in [-0.05, 0) is 43.9 Å². The summed E-state index contributed by atoms with van der Waals surface area (Å²) < 4.78 is 0. The van der Waals surface area contributed by atoms with E-state index in [2.05, 4.69) is 11.6 Å². The highest BCUT2D eigenvalue weighted by atomic mass is 32.2. The minimum Gasteiger partial charge on any atom is -0.384 e. The Hall–Kier alpha value is -0.510. The van der Waals surface area contributed by atoms with Crippen LogP contribution in [0.5, 0.6) is 0 Å². The smallest absolute Gasteiger partial charge is 0.0992 e. The topological polar surface area (TPSA) is 32.3 Å². The summed E-state index contributed by atoms with van der Waals surface area (Å²) in [7, 11) is 0. The number of thioether (sulfide) groups is 1. The van der Waals surface area contributed by atoms with Crippen molar-refractivity contribution in [1.82, 2.24) is 5.32 Å². The van der Waals surface area contributed by atoms with Gasteiger partial charge in [0, 0.05) is 6.54 Å². The van der Waals surface area contributed by atoms with Crippen molar-refractivity contribution >= 4 is 11.8 Å². The Bertz CT molecular complexity index is 300. The number of rotatable bonds is 8. The molecule has 1 unspecified atom stereocenters. The molecule has 1 aromatic rings. The zero-order chi connectivity index (χ0) is 12.6. The summed E-state index contributed by atoms with van der Waals surface area (Å²) in [4.78, 5) is 0. The van der Waals surface area contributed by atoms with Gasteiger partial charge in [0.25, 0.3) is 0 Å². The van der Waals surface area contributed by atoms with Gasteiger partial charge in [-0.3, -0.25) is 0 Å². The summed E-state index contributed by atoms with van der Waals surface area (Å²) in [5, 5.41) is 13.6. The summed E-state index contributed by atoms with van der Waals surface area (Å²) in [6, 6.07) is 9.82. The van der Waals surface area contributed by atoms with Crippen LogP contribution in [0, 0.1) is 0 Å². The zero-order valence-electron chi connectivity index (χ0n) is 10.8. The number of unbranched alkanes of at least 4 members (excludes halogenated alkanes) is 1. The third-order valence-corrected chi connectivity index (χ3v) is 3.51. The van der Waals surface area contributed by atoms with Crippen molar-refractivity contribution in [1.29, 1.82) is 0 Å². The predicted octanol–water partition coefficient (Wildman–Crippen LogP) is 2.63. The van der Waals surface area contributed by atoms with Crippen molar-refractivity contribution in [3.05, 3.63) is 35.9 Å². The SMILES string of the molecule is CSCCCCNCC(C)(O)c1ccccc1. The lowest BCUT2D eigenvalue weighted by atomic mass is 9.96. The van der Waals surface area contributed by atoms with Crippen molar-refractivity contribution in [3.63, 3.8) is 0 Å². The molecular weight excluding hydrogens is 230 g/mol. The quantitative estimate of drug-likeness (QED) is 0.699. The van der Waals surface area contributed by atoms with Crippen molar-refractivity contribution in [3.8, 4) is 0 Å². The van der Waals surface area contributed by atoms with E-state index in [0.717, 1.165) is 12.1 Å². The molecule has 0 aromatic heterocycles. The lowest BCUT2D eigenvalue weighted by Gasteiger charge is -2.24. The summed E-state index contributed by atoms with van der Waals surface area (Å²) in [6.07, 6.45) is 4.54. The summed E-state index contributed by atoms with van der Waals surface area (Å²) in [5.41, 5.74) is 0.192. The molecule has 0 saturated carbocycles. The van der Waals surface area contributed by atoms with Crippen LogP contribution < -0.4 is 5.32 Å². The standard InChI is InChI=1S/C14H23NOS/c1-14(16,13-8-4-3-5-9-13)12-15-10-6-7-11-17-2/h3-5,8-9,15-16H,6-7,10-12H2,1-2H3. The highest BCUT2D eigenvalue weighted by molar-refractivity contribution is 7.98. The maximum atomic E-state index is 10.3. The van der Waals surface area contributed by atoms with Crippen LogP contribution in [-0.4, -0.2) is 30.2 Å². The summed E-state index contributed by atoms with van der Waals surface area (Å²) >= 11 is 1.88. The van der Waals surface area contributed by atoms with Gasteiger partial charge in [-0.2, -0.15) is 11.8 Å². The lowest BCUT2D eigenvalue weighted by Crippen LogP contribution is -2.35. The first kappa shape index (κ1) is 14.6. The molecule has 0 fully saturated rings. The second kappa shape index (κ2) is 7.75. The Morgan fingerprint density at radius 1 is 1.24 bits per heavy atom. The van der Waals surface area contributed by atoms with E-state index < -0.39 is 5.60 Å². The van der Waals surface area contributed by atoms with Crippen LogP contribution in [0.15, 0.2) is 30.3 Å². The van der Waals surface area contributed by atoms with E-state index in [9.17, 15) is 5.11 Å². The fourth-order valence-electron chi connectivity index (χ4n) is 1.73. The monoisotopic (exact) mass is 253 g/mol. The minimum absolute atomic E-state index is 0.607. The van der Waals surface area contributed by atoms with Gasteiger partial charge in [-0.25, -0.2) is 0 Å². The number of aliphatic hydroxyl groups is 1. The molecule has 0 aliphatic rings. The normalized spacial score (nSPS) is 14.5. The van der Waals surface area contributed by atoms with Crippen molar-refractivity contribution < 1.29 is 5.11 Å². The Labute approximate surface area is 109 Å². The molecular formula is C14H23NOS. The van der Waals surface area contributed by atoms with Crippen LogP contribution in [0.1, 0.15) is 25.3 Å². The molecule has 0 aliphatic carbocycles. The van der Waals surface area contributed by atoms with Gasteiger partial charge in [-0.1, -0.05) is 30.3 Å². The average Bonchev–Trinajstić information content (AvgIpc) is 2.35. The van der Waals surface area contributed by atoms with E-state index in [0.29, 0.717) is 6.54 Å². The first-order valence-electron chi connectivity index (χ1n) is 6.14. The molecule has 2 nitrogen and oxygen atoms in total. The van der Waals surface area contributed by atoms with E-state index in [1.807, 2.05) is 49.0 Å². The Kier molecular flexibility index (Phi) is 6.63. The lowest BCUT2D eigenvalue weighted by molar-refractivity contribution is 0.0571. The van der Waals surface area contributed by atoms with Crippen LogP contribution in [0.2, 0.25) is 0 Å². The molecule has 0 aliphatic heterocycles. The molecule has 0 amide bonds. The number of hydrogen-bond acceptors (Lipinski definition) is 3. The van der Waals surface area contributed by atoms with Gasteiger partial charge in [0.1, 0.15) is 0 Å². The van der Waals surface area contributed by atoms with Gasteiger partial charge in [0.05, 0.1) is 5.60 Å². The molecule has 1 aromatic carbocycles. The molecule has 0 heterocycles. The number of hydrogen-bond donors (Lipinski definition) is 2. The van der Waals surface area contributed by atoms with Crippen LogP contribution in [0.25, 0.3) is 0 Å². The molecule has 0 spiro atoms. The number of benzene rings is 1. The van der Waals surface area contributed by atoms with Crippen molar-refractivity contribution in [2.45, 2.75) is 25.4 Å². The maximum Gasteiger partial charge on any atom is 0.0992 e. The highest BCUT2D eigenvalue weighted by Gasteiger charge is 2.21. The molecule has 2 N–H and O–H groups in total. The van der Waals surface area contributed by atoms with Gasteiger partial charge < -0.3 is 10.4 Å². The molecule has 0 radical (unpaired) electrons. The van der Waals surface area contributed by atoms with Gasteiger partial charge in [-0.15, -0.1) is 0 Å². The van der Waals surface area contributed by atoms with Crippen LogP contribution in [-0.2, 0) is 5.60 Å². The molecule has 3 heteroatoms. The van der Waals surface area contributed by atoms with Crippen LogP contribution in [0.3, 0.4) is 0 Å². The summed E-state index contributed by atoms with van der Waals surface area (Å²) in [5.74, 6) is 1.22. The van der Waals surface area contributed by atoms with Crippen molar-refractivity contribution in [2.24, 2.45) is 0 Å². The first-order valence-corrected chi connectivity index (χ1v) is 7.54. The Morgan fingerprint density at radius 3 is 2.59 bits per heavy atom. The highest BCUT2D eigenvalue weighted by Crippen LogP contribution is 2.18. The van der Waals surface area contributed by atoms with Crippen LogP contribution in [0.4, 0.5) is 0 Å². The average molecular weight is 253 g/mol. The third kappa shape index (κ3) is 5.57. The second-order valence-corrected chi connectivity index (χ2v) is 5.50. The van der Waals surface area contributed by atoms with E-state index >= 15 is 0 Å². The first-order chi connectivity index (χ1) is 8.17. The molecule has 96 valence electrons. The van der Waals surface area contributed by atoms with Gasteiger partial charge in [0.15, 0.2) is 0 Å². The van der Waals surface area contributed by atoms with Crippen molar-refractivity contribution in [2.75, 3.05) is 25.1 Å². The van der Waals surface area contributed by atoms with E-state index in [-0.39, 0.29) is 0 Å². The van der Waals surface area contributed by atoms with Crippen LogP contribution >= 0.6 is 11.8 Å². The largest absolute Gasteiger partial charge is 0.384 e. The minimum atomic E-state index is -0.777. The van der Waals surface area contributed by atoms with E-state index in [1.54, 1.807) is 0 Å². The van der Waals surface area contributed by atoms with Gasteiger partial charge in [0.2, 0.25) is 0 Å². The van der Waals surface area contributed by atoms with E-state index in [1.165, 1.54) is 18.6 Å². The zero-order valence-corrected chi connectivity index (χ0v) is 11.6. The Morgan fingerprint density at radius 2 is 1.94 bits per heavy atom. The Balaban J connectivity index is 2.26. The van der Waals surface area contributed by atoms with E-state index in [4.69, 9.17) is 0 Å². The number of nitrogens with one attached hydrogen (secondary N) is 1. The fraction of sp³-hybridized carbons (Fsp3) is 0.571. The van der Waals surface area contributed by atoms with Gasteiger partial charge >= 0.3 is 0 Å².